The fourth-order valence-corrected chi connectivity index (χ4v) is 2.95. The van der Waals surface area contributed by atoms with Crippen LogP contribution < -0.4 is 15.0 Å². The summed E-state index contributed by atoms with van der Waals surface area (Å²) in [6, 6.07) is 12.6. The van der Waals surface area contributed by atoms with Crippen LogP contribution in [0.3, 0.4) is 0 Å². The van der Waals surface area contributed by atoms with Gasteiger partial charge in [0.15, 0.2) is 0 Å². The van der Waals surface area contributed by atoms with Gasteiger partial charge in [-0.25, -0.2) is 0 Å². The first kappa shape index (κ1) is 17.9. The minimum atomic E-state index is -0.179. The van der Waals surface area contributed by atoms with Crippen LogP contribution in [0.15, 0.2) is 42.5 Å². The molecule has 1 aliphatic rings. The zero-order valence-corrected chi connectivity index (χ0v) is 15.0. The third kappa shape index (κ3) is 4.03. The van der Waals surface area contributed by atoms with Gasteiger partial charge in [0, 0.05) is 37.5 Å². The van der Waals surface area contributed by atoms with Crippen molar-refractivity contribution in [3.8, 4) is 5.75 Å². The minimum Gasteiger partial charge on any atom is -0.491 e. The Labute approximate surface area is 152 Å². The molecule has 2 amide bonds. The van der Waals surface area contributed by atoms with Crippen LogP contribution >= 0.6 is 0 Å². The van der Waals surface area contributed by atoms with Crippen molar-refractivity contribution in [1.29, 1.82) is 0 Å². The lowest BCUT2D eigenvalue weighted by Gasteiger charge is -2.14. The number of amides is 2. The van der Waals surface area contributed by atoms with Crippen LogP contribution in [0.25, 0.3) is 0 Å². The van der Waals surface area contributed by atoms with Crippen molar-refractivity contribution in [1.82, 2.24) is 0 Å². The van der Waals surface area contributed by atoms with Gasteiger partial charge >= 0.3 is 0 Å². The number of fused-ring (bicyclic) bond motifs is 1. The number of nitrogens with zero attached hydrogens (tertiary/aromatic N) is 1. The molecule has 0 saturated carbocycles. The summed E-state index contributed by atoms with van der Waals surface area (Å²) in [6.07, 6.45) is 0.767. The summed E-state index contributed by atoms with van der Waals surface area (Å²) in [5.74, 6) is 0.567. The van der Waals surface area contributed by atoms with Crippen LogP contribution in [-0.2, 0) is 16.0 Å². The van der Waals surface area contributed by atoms with Gasteiger partial charge in [0.25, 0.3) is 5.91 Å². The van der Waals surface area contributed by atoms with Crippen molar-refractivity contribution in [2.45, 2.75) is 13.3 Å². The van der Waals surface area contributed by atoms with E-state index in [1.807, 2.05) is 12.1 Å². The normalized spacial score (nSPS) is 12.6. The van der Waals surface area contributed by atoms with Gasteiger partial charge in [-0.15, -0.1) is 0 Å². The highest BCUT2D eigenvalue weighted by Gasteiger charge is 2.23. The molecule has 1 N–H and O–H groups in total. The van der Waals surface area contributed by atoms with E-state index in [0.717, 1.165) is 23.4 Å². The first-order valence-corrected chi connectivity index (χ1v) is 8.52. The second kappa shape index (κ2) is 8.01. The zero-order chi connectivity index (χ0) is 18.5. The molecule has 26 heavy (non-hydrogen) atoms. The number of carbonyl (C=O) groups excluding carboxylic acids is 2. The van der Waals surface area contributed by atoms with Gasteiger partial charge in [-0.3, -0.25) is 9.59 Å². The molecule has 2 aromatic carbocycles. The third-order valence-corrected chi connectivity index (χ3v) is 4.29. The Hall–Kier alpha value is -2.86. The molecule has 1 heterocycles. The summed E-state index contributed by atoms with van der Waals surface area (Å²) in [5, 5.41) is 2.88. The minimum absolute atomic E-state index is 0.0220. The summed E-state index contributed by atoms with van der Waals surface area (Å²) in [6.45, 7) is 3.23. The number of ether oxygens (including phenoxy) is 2. The van der Waals surface area contributed by atoms with E-state index in [1.165, 1.54) is 0 Å². The van der Waals surface area contributed by atoms with Gasteiger partial charge < -0.3 is 19.7 Å². The predicted molar refractivity (Wildman–Crippen MR) is 99.9 cm³/mol. The van der Waals surface area contributed by atoms with E-state index in [2.05, 4.69) is 5.32 Å². The van der Waals surface area contributed by atoms with E-state index in [4.69, 9.17) is 9.47 Å². The highest BCUT2D eigenvalue weighted by molar-refractivity contribution is 6.05. The second-order valence-corrected chi connectivity index (χ2v) is 6.08. The summed E-state index contributed by atoms with van der Waals surface area (Å²) >= 11 is 0. The topological polar surface area (TPSA) is 67.9 Å². The lowest BCUT2D eigenvalue weighted by Crippen LogP contribution is -2.25. The van der Waals surface area contributed by atoms with E-state index in [-0.39, 0.29) is 11.8 Å². The Morgan fingerprint density at radius 2 is 1.88 bits per heavy atom. The predicted octanol–water partition coefficient (Wildman–Crippen LogP) is 2.87. The Morgan fingerprint density at radius 1 is 1.12 bits per heavy atom. The average molecular weight is 354 g/mol. The first-order chi connectivity index (χ1) is 12.6. The highest BCUT2D eigenvalue weighted by Crippen LogP contribution is 2.29. The zero-order valence-electron chi connectivity index (χ0n) is 15.0. The molecule has 0 aliphatic carbocycles. The van der Waals surface area contributed by atoms with Crippen molar-refractivity contribution >= 4 is 23.2 Å². The van der Waals surface area contributed by atoms with Gasteiger partial charge in [-0.1, -0.05) is 0 Å². The largest absolute Gasteiger partial charge is 0.491 e. The fourth-order valence-electron chi connectivity index (χ4n) is 2.95. The van der Waals surface area contributed by atoms with Crippen LogP contribution in [0.1, 0.15) is 22.8 Å². The molecule has 1 aliphatic heterocycles. The number of carbonyl (C=O) groups is 2. The molecule has 2 aromatic rings. The third-order valence-electron chi connectivity index (χ3n) is 4.29. The van der Waals surface area contributed by atoms with E-state index in [0.29, 0.717) is 31.0 Å². The maximum Gasteiger partial charge on any atom is 0.255 e. The van der Waals surface area contributed by atoms with Crippen LogP contribution in [0.5, 0.6) is 5.75 Å². The number of hydrogen-bond acceptors (Lipinski definition) is 4. The quantitative estimate of drug-likeness (QED) is 0.810. The molecular formula is C20H22N2O4. The molecule has 0 radical (unpaired) electrons. The van der Waals surface area contributed by atoms with Crippen LogP contribution in [-0.4, -0.2) is 38.7 Å². The van der Waals surface area contributed by atoms with Crippen molar-refractivity contribution in [2.75, 3.05) is 37.1 Å². The van der Waals surface area contributed by atoms with Crippen molar-refractivity contribution < 1.29 is 19.1 Å². The molecule has 0 bridgehead atoms. The summed E-state index contributed by atoms with van der Waals surface area (Å²) in [7, 11) is 1.62. The SMILES string of the molecule is COCCOc1ccc(NC(=O)c2ccc3c(c2)CCN3C(C)=O)cc1. The maximum atomic E-state index is 12.5. The van der Waals surface area contributed by atoms with Crippen LogP contribution in [0.2, 0.25) is 0 Å². The van der Waals surface area contributed by atoms with Gasteiger partial charge in [0.2, 0.25) is 5.91 Å². The van der Waals surface area contributed by atoms with E-state index < -0.39 is 0 Å². The Bertz CT molecular complexity index is 802. The lowest BCUT2D eigenvalue weighted by molar-refractivity contribution is -0.116. The molecule has 136 valence electrons. The van der Waals surface area contributed by atoms with Gasteiger partial charge in [0.1, 0.15) is 12.4 Å². The Kier molecular flexibility index (Phi) is 5.53. The fraction of sp³-hybridized carbons (Fsp3) is 0.300. The number of hydrogen-bond donors (Lipinski definition) is 1. The smallest absolute Gasteiger partial charge is 0.255 e. The number of anilines is 2. The van der Waals surface area contributed by atoms with Crippen molar-refractivity contribution in [2.24, 2.45) is 0 Å². The van der Waals surface area contributed by atoms with E-state index in [9.17, 15) is 9.59 Å². The number of benzene rings is 2. The molecule has 3 rings (SSSR count). The molecule has 0 fully saturated rings. The summed E-state index contributed by atoms with van der Waals surface area (Å²) < 4.78 is 10.4. The molecule has 0 spiro atoms. The van der Waals surface area contributed by atoms with Crippen LogP contribution in [0.4, 0.5) is 11.4 Å². The standard InChI is InChI=1S/C20H22N2O4/c1-14(23)22-10-9-15-13-16(3-8-19(15)22)20(24)21-17-4-6-18(7-5-17)26-12-11-25-2/h3-8,13H,9-12H2,1-2H3,(H,21,24). The maximum absolute atomic E-state index is 12.5. The number of nitrogens with one attached hydrogen (secondary N) is 1. The molecule has 0 unspecified atom stereocenters. The van der Waals surface area contributed by atoms with Crippen LogP contribution in [0, 0.1) is 0 Å². The molecule has 6 heteroatoms. The lowest BCUT2D eigenvalue weighted by atomic mass is 10.1. The highest BCUT2D eigenvalue weighted by atomic mass is 16.5. The average Bonchev–Trinajstić information content (AvgIpc) is 3.07. The van der Waals surface area contributed by atoms with Gasteiger partial charge in [-0.05, 0) is 54.4 Å². The Balaban J connectivity index is 1.64. The second-order valence-electron chi connectivity index (χ2n) is 6.08. The molecule has 6 nitrogen and oxygen atoms in total. The van der Waals surface area contributed by atoms with E-state index in [1.54, 1.807) is 49.3 Å². The van der Waals surface area contributed by atoms with Gasteiger partial charge in [0.05, 0.1) is 6.61 Å². The number of rotatable bonds is 6. The molecule has 0 atom stereocenters. The van der Waals surface area contributed by atoms with Crippen molar-refractivity contribution in [3.05, 3.63) is 53.6 Å². The van der Waals surface area contributed by atoms with Crippen molar-refractivity contribution in [3.63, 3.8) is 0 Å². The molecule has 0 saturated heterocycles. The summed E-state index contributed by atoms with van der Waals surface area (Å²) in [5.41, 5.74) is 3.19. The summed E-state index contributed by atoms with van der Waals surface area (Å²) in [4.78, 5) is 25.8. The Morgan fingerprint density at radius 3 is 2.58 bits per heavy atom. The number of methoxy groups -OCH3 is 1. The van der Waals surface area contributed by atoms with Gasteiger partial charge in [-0.2, -0.15) is 0 Å². The monoisotopic (exact) mass is 354 g/mol. The van der Waals surface area contributed by atoms with E-state index >= 15 is 0 Å². The molecule has 0 aromatic heterocycles. The first-order valence-electron chi connectivity index (χ1n) is 8.52. The molecular weight excluding hydrogens is 332 g/mol.